The van der Waals surface area contributed by atoms with Crippen molar-refractivity contribution < 1.29 is 14.6 Å². The minimum absolute atomic E-state index is 0.154. The third-order valence-corrected chi connectivity index (χ3v) is 4.36. The minimum atomic E-state index is -0.711. The van der Waals surface area contributed by atoms with Crippen molar-refractivity contribution in [2.75, 3.05) is 14.2 Å². The Kier molecular flexibility index (Phi) is 4.66. The smallest absolute Gasteiger partial charge is 0.128 e. The van der Waals surface area contributed by atoms with Crippen LogP contribution >= 0.6 is 0 Å². The fraction of sp³-hybridized carbons (Fsp3) is 0.688. The topological polar surface area (TPSA) is 51.6 Å². The fourth-order valence-corrected chi connectivity index (χ4v) is 3.21. The van der Waals surface area contributed by atoms with Gasteiger partial charge in [0.2, 0.25) is 0 Å². The van der Waals surface area contributed by atoms with Gasteiger partial charge in [-0.2, -0.15) is 0 Å². The average molecular weight is 279 g/mol. The number of pyridine rings is 1. The fourth-order valence-electron chi connectivity index (χ4n) is 3.21. The lowest BCUT2D eigenvalue weighted by atomic mass is 9.79. The van der Waals surface area contributed by atoms with Crippen molar-refractivity contribution in [1.29, 1.82) is 0 Å². The van der Waals surface area contributed by atoms with Crippen molar-refractivity contribution in [2.45, 2.75) is 57.7 Å². The lowest BCUT2D eigenvalue weighted by Crippen LogP contribution is -2.40. The molecule has 1 aliphatic rings. The Bertz CT molecular complexity index is 475. The van der Waals surface area contributed by atoms with E-state index >= 15 is 0 Å². The van der Waals surface area contributed by atoms with Crippen LogP contribution < -0.4 is 4.74 Å². The maximum absolute atomic E-state index is 10.8. The number of ether oxygens (including phenoxy) is 2. The van der Waals surface area contributed by atoms with E-state index in [2.05, 4.69) is 4.98 Å². The summed E-state index contributed by atoms with van der Waals surface area (Å²) >= 11 is 0. The van der Waals surface area contributed by atoms with E-state index in [0.717, 1.165) is 41.8 Å². The first-order valence-electron chi connectivity index (χ1n) is 7.23. The van der Waals surface area contributed by atoms with Crippen LogP contribution in [0.1, 0.15) is 42.5 Å². The van der Waals surface area contributed by atoms with Gasteiger partial charge < -0.3 is 14.6 Å². The average Bonchev–Trinajstić information content (AvgIpc) is 2.42. The van der Waals surface area contributed by atoms with E-state index in [9.17, 15) is 5.11 Å². The maximum Gasteiger partial charge on any atom is 0.128 e. The second kappa shape index (κ2) is 6.10. The number of rotatable bonds is 4. The molecular formula is C16H25NO3. The molecule has 0 aliphatic heterocycles. The molecule has 2 atom stereocenters. The minimum Gasteiger partial charge on any atom is -0.496 e. The molecule has 0 amide bonds. The van der Waals surface area contributed by atoms with Gasteiger partial charge in [-0.05, 0) is 33.1 Å². The molecule has 1 N–H and O–H groups in total. The van der Waals surface area contributed by atoms with E-state index in [1.165, 1.54) is 0 Å². The van der Waals surface area contributed by atoms with Crippen molar-refractivity contribution >= 4 is 0 Å². The first-order chi connectivity index (χ1) is 9.49. The van der Waals surface area contributed by atoms with Crippen molar-refractivity contribution in [2.24, 2.45) is 0 Å². The van der Waals surface area contributed by atoms with Crippen LogP contribution in [0, 0.1) is 13.8 Å². The van der Waals surface area contributed by atoms with Crippen molar-refractivity contribution in [1.82, 2.24) is 4.98 Å². The zero-order valence-electron chi connectivity index (χ0n) is 12.9. The largest absolute Gasteiger partial charge is 0.496 e. The predicted molar refractivity (Wildman–Crippen MR) is 78.2 cm³/mol. The number of aryl methyl sites for hydroxylation is 1. The molecule has 2 rings (SSSR count). The number of hydrogen-bond acceptors (Lipinski definition) is 4. The van der Waals surface area contributed by atoms with Gasteiger partial charge in [0.1, 0.15) is 5.75 Å². The number of aromatic nitrogens is 1. The number of aliphatic hydroxyl groups is 1. The molecule has 0 bridgehead atoms. The van der Waals surface area contributed by atoms with Crippen LogP contribution in [0.3, 0.4) is 0 Å². The molecule has 1 heterocycles. The zero-order chi connectivity index (χ0) is 14.8. The number of hydrogen-bond donors (Lipinski definition) is 1. The maximum atomic E-state index is 10.8. The summed E-state index contributed by atoms with van der Waals surface area (Å²) in [6.45, 7) is 3.99. The second-order valence-corrected chi connectivity index (χ2v) is 5.90. The Morgan fingerprint density at radius 1 is 1.40 bits per heavy atom. The molecule has 0 saturated heterocycles. The van der Waals surface area contributed by atoms with Crippen LogP contribution in [0.4, 0.5) is 0 Å². The molecule has 0 radical (unpaired) electrons. The van der Waals surface area contributed by atoms with Crippen LogP contribution in [-0.4, -0.2) is 36.0 Å². The monoisotopic (exact) mass is 279 g/mol. The summed E-state index contributed by atoms with van der Waals surface area (Å²) in [4.78, 5) is 4.50. The normalized spacial score (nSPS) is 26.6. The molecule has 1 aromatic heterocycles. The Balaban J connectivity index is 2.21. The summed E-state index contributed by atoms with van der Waals surface area (Å²) in [6.07, 6.45) is 6.06. The van der Waals surface area contributed by atoms with Gasteiger partial charge in [0, 0.05) is 43.0 Å². The third kappa shape index (κ3) is 3.13. The first-order valence-corrected chi connectivity index (χ1v) is 7.23. The molecule has 20 heavy (non-hydrogen) atoms. The molecule has 1 saturated carbocycles. The molecule has 2 unspecified atom stereocenters. The molecule has 1 aliphatic carbocycles. The highest BCUT2D eigenvalue weighted by atomic mass is 16.5. The van der Waals surface area contributed by atoms with Gasteiger partial charge in [0.05, 0.1) is 18.8 Å². The molecule has 4 heteroatoms. The Morgan fingerprint density at radius 2 is 2.15 bits per heavy atom. The third-order valence-electron chi connectivity index (χ3n) is 4.36. The quantitative estimate of drug-likeness (QED) is 0.920. The first kappa shape index (κ1) is 15.3. The van der Waals surface area contributed by atoms with Crippen molar-refractivity contribution in [3.63, 3.8) is 0 Å². The molecule has 1 aromatic rings. The SMILES string of the molecule is COc1c(C)cnc(CC2(O)CCCC(OC)C2)c1C. The Labute approximate surface area is 121 Å². The van der Waals surface area contributed by atoms with Gasteiger partial charge in [0.15, 0.2) is 0 Å². The summed E-state index contributed by atoms with van der Waals surface area (Å²) in [6, 6.07) is 0. The molecule has 4 nitrogen and oxygen atoms in total. The molecular weight excluding hydrogens is 254 g/mol. The number of methoxy groups -OCH3 is 2. The van der Waals surface area contributed by atoms with E-state index in [1.54, 1.807) is 14.2 Å². The Morgan fingerprint density at radius 3 is 2.80 bits per heavy atom. The van der Waals surface area contributed by atoms with Crippen molar-refractivity contribution in [3.05, 3.63) is 23.0 Å². The molecule has 0 spiro atoms. The number of nitrogens with zero attached hydrogens (tertiary/aromatic N) is 1. The van der Waals surface area contributed by atoms with Gasteiger partial charge in [-0.25, -0.2) is 0 Å². The highest BCUT2D eigenvalue weighted by Gasteiger charge is 2.35. The van der Waals surface area contributed by atoms with Crippen LogP contribution in [0.5, 0.6) is 5.75 Å². The van der Waals surface area contributed by atoms with E-state index in [0.29, 0.717) is 12.8 Å². The van der Waals surface area contributed by atoms with Gasteiger partial charge >= 0.3 is 0 Å². The van der Waals surface area contributed by atoms with E-state index < -0.39 is 5.60 Å². The molecule has 112 valence electrons. The highest BCUT2D eigenvalue weighted by Crippen LogP contribution is 2.34. The van der Waals surface area contributed by atoms with Gasteiger partial charge in [-0.1, -0.05) is 0 Å². The molecule has 0 aromatic carbocycles. The van der Waals surface area contributed by atoms with E-state index in [4.69, 9.17) is 9.47 Å². The summed E-state index contributed by atoms with van der Waals surface area (Å²) in [5, 5.41) is 10.8. The van der Waals surface area contributed by atoms with Crippen LogP contribution in [0.2, 0.25) is 0 Å². The van der Waals surface area contributed by atoms with Crippen LogP contribution in [0.15, 0.2) is 6.20 Å². The lowest BCUT2D eigenvalue weighted by molar-refractivity contribution is -0.0587. The lowest BCUT2D eigenvalue weighted by Gasteiger charge is -2.36. The summed E-state index contributed by atoms with van der Waals surface area (Å²) in [5.74, 6) is 0.873. The van der Waals surface area contributed by atoms with Gasteiger partial charge in [-0.15, -0.1) is 0 Å². The van der Waals surface area contributed by atoms with E-state index in [1.807, 2.05) is 20.0 Å². The van der Waals surface area contributed by atoms with Gasteiger partial charge in [0.25, 0.3) is 0 Å². The van der Waals surface area contributed by atoms with E-state index in [-0.39, 0.29) is 6.10 Å². The van der Waals surface area contributed by atoms with Crippen molar-refractivity contribution in [3.8, 4) is 5.75 Å². The zero-order valence-corrected chi connectivity index (χ0v) is 12.9. The standard InChI is InChI=1S/C16H25NO3/c1-11-10-17-14(12(2)15(11)20-4)9-16(18)7-5-6-13(8-16)19-3/h10,13,18H,5-9H2,1-4H3. The Hall–Kier alpha value is -1.13. The molecule has 1 fully saturated rings. The van der Waals surface area contributed by atoms with Crippen LogP contribution in [-0.2, 0) is 11.2 Å². The van der Waals surface area contributed by atoms with Gasteiger partial charge in [-0.3, -0.25) is 4.98 Å². The van der Waals surface area contributed by atoms with Crippen LogP contribution in [0.25, 0.3) is 0 Å². The summed E-state index contributed by atoms with van der Waals surface area (Å²) < 4.78 is 10.8. The summed E-state index contributed by atoms with van der Waals surface area (Å²) in [7, 11) is 3.39. The highest BCUT2D eigenvalue weighted by molar-refractivity contribution is 5.41. The predicted octanol–water partition coefficient (Wildman–Crippen LogP) is 2.57. The second-order valence-electron chi connectivity index (χ2n) is 5.90. The summed E-state index contributed by atoms with van der Waals surface area (Å²) in [5.41, 5.74) is 2.27.